The van der Waals surface area contributed by atoms with Crippen LogP contribution >= 0.6 is 0 Å². The molecule has 2 aliphatic rings. The summed E-state index contributed by atoms with van der Waals surface area (Å²) in [4.78, 5) is 20.3. The molecule has 0 saturated carbocycles. The van der Waals surface area contributed by atoms with Crippen LogP contribution < -0.4 is 4.90 Å². The van der Waals surface area contributed by atoms with Crippen molar-refractivity contribution in [3.05, 3.63) is 36.0 Å². The number of hydrogen-bond donors (Lipinski definition) is 0. The number of halogens is 3. The molecule has 1 unspecified atom stereocenters. The van der Waals surface area contributed by atoms with Crippen LogP contribution in [0.1, 0.15) is 31.2 Å². The summed E-state index contributed by atoms with van der Waals surface area (Å²) in [6, 6.07) is 5.06. The van der Waals surface area contributed by atoms with Gasteiger partial charge in [-0.25, -0.2) is 4.98 Å². The molecule has 1 aromatic heterocycles. The Kier molecular flexibility index (Phi) is 5.38. The molecule has 4 rings (SSSR count). The molecule has 0 N–H and O–H groups in total. The van der Waals surface area contributed by atoms with Gasteiger partial charge in [0.15, 0.2) is 0 Å². The van der Waals surface area contributed by atoms with Crippen LogP contribution in [0.5, 0.6) is 0 Å². The highest BCUT2D eigenvalue weighted by Crippen LogP contribution is 2.32. The van der Waals surface area contributed by atoms with E-state index in [0.717, 1.165) is 51.0 Å². The quantitative estimate of drug-likeness (QED) is 0.780. The number of alkyl halides is 3. The first-order valence-corrected chi connectivity index (χ1v) is 9.80. The molecule has 2 saturated heterocycles. The number of carbonyl (C=O) groups is 1. The van der Waals surface area contributed by atoms with E-state index >= 15 is 0 Å². The standard InChI is InChI=1S/C20H22F3N5O/c21-20(22,23)16-6-1-5-15(10-16)17-11-24-26-19(25-17)28-9-2-4-14(13-28)12-27-8-3-7-18(27)29/h1,5-6,10-11,14H,2-4,7-9,12-13H2. The molecule has 2 fully saturated rings. The molecule has 29 heavy (non-hydrogen) atoms. The van der Waals surface area contributed by atoms with Crippen molar-refractivity contribution in [1.29, 1.82) is 0 Å². The largest absolute Gasteiger partial charge is 0.416 e. The Hall–Kier alpha value is -2.71. The van der Waals surface area contributed by atoms with Crippen LogP contribution in [-0.4, -0.2) is 52.2 Å². The fourth-order valence-corrected chi connectivity index (χ4v) is 4.03. The fraction of sp³-hybridized carbons (Fsp3) is 0.500. The molecule has 1 aromatic carbocycles. The second-order valence-electron chi connectivity index (χ2n) is 7.62. The number of rotatable bonds is 4. The van der Waals surface area contributed by atoms with Gasteiger partial charge < -0.3 is 9.80 Å². The van der Waals surface area contributed by atoms with E-state index < -0.39 is 11.7 Å². The SMILES string of the molecule is O=C1CCCN1CC1CCCN(c2nncc(-c3cccc(C(F)(F)F)c3)n2)C1. The maximum atomic E-state index is 13.0. The molecule has 3 heterocycles. The summed E-state index contributed by atoms with van der Waals surface area (Å²) in [5.41, 5.74) is -0.00591. The lowest BCUT2D eigenvalue weighted by molar-refractivity contribution is -0.137. The summed E-state index contributed by atoms with van der Waals surface area (Å²) in [6.45, 7) is 3.02. The fourth-order valence-electron chi connectivity index (χ4n) is 4.03. The maximum Gasteiger partial charge on any atom is 0.416 e. The van der Waals surface area contributed by atoms with Crippen molar-refractivity contribution in [3.8, 4) is 11.3 Å². The van der Waals surface area contributed by atoms with Gasteiger partial charge in [0.2, 0.25) is 11.9 Å². The lowest BCUT2D eigenvalue weighted by atomic mass is 9.98. The van der Waals surface area contributed by atoms with Gasteiger partial charge in [0, 0.05) is 38.2 Å². The molecule has 154 valence electrons. The van der Waals surface area contributed by atoms with E-state index in [4.69, 9.17) is 0 Å². The Bertz CT molecular complexity index is 888. The minimum Gasteiger partial charge on any atom is -0.342 e. The van der Waals surface area contributed by atoms with Crippen LogP contribution in [0.3, 0.4) is 0 Å². The first kappa shape index (κ1) is 19.6. The van der Waals surface area contributed by atoms with E-state index in [2.05, 4.69) is 15.2 Å². The third-order valence-corrected chi connectivity index (χ3v) is 5.49. The first-order valence-electron chi connectivity index (χ1n) is 9.80. The third kappa shape index (κ3) is 4.49. The van der Waals surface area contributed by atoms with Crippen molar-refractivity contribution >= 4 is 11.9 Å². The van der Waals surface area contributed by atoms with E-state index in [1.54, 1.807) is 6.07 Å². The summed E-state index contributed by atoms with van der Waals surface area (Å²) in [6.07, 6.45) is 0.490. The Morgan fingerprint density at radius 2 is 2.03 bits per heavy atom. The van der Waals surface area contributed by atoms with Crippen LogP contribution in [0.25, 0.3) is 11.3 Å². The highest BCUT2D eigenvalue weighted by atomic mass is 19.4. The summed E-state index contributed by atoms with van der Waals surface area (Å²) < 4.78 is 39.0. The number of nitrogens with zero attached hydrogens (tertiary/aromatic N) is 5. The monoisotopic (exact) mass is 405 g/mol. The van der Waals surface area contributed by atoms with E-state index in [1.807, 2.05) is 9.80 Å². The zero-order valence-electron chi connectivity index (χ0n) is 15.9. The molecule has 6 nitrogen and oxygen atoms in total. The molecule has 0 aliphatic carbocycles. The number of benzene rings is 1. The van der Waals surface area contributed by atoms with E-state index in [0.29, 0.717) is 36.1 Å². The van der Waals surface area contributed by atoms with Crippen LogP contribution in [-0.2, 0) is 11.0 Å². The van der Waals surface area contributed by atoms with Crippen LogP contribution in [0.15, 0.2) is 30.5 Å². The summed E-state index contributed by atoms with van der Waals surface area (Å²) in [5.74, 6) is 0.954. The molecule has 9 heteroatoms. The van der Waals surface area contributed by atoms with E-state index in [9.17, 15) is 18.0 Å². The molecule has 1 atom stereocenters. The Labute approximate surface area is 166 Å². The number of carbonyl (C=O) groups excluding carboxylic acids is 1. The van der Waals surface area contributed by atoms with Crippen molar-refractivity contribution in [2.45, 2.75) is 31.9 Å². The van der Waals surface area contributed by atoms with Crippen molar-refractivity contribution < 1.29 is 18.0 Å². The molecule has 2 aromatic rings. The summed E-state index contributed by atoms with van der Waals surface area (Å²) in [7, 11) is 0. The molecular weight excluding hydrogens is 383 g/mol. The number of amides is 1. The van der Waals surface area contributed by atoms with Gasteiger partial charge in [-0.1, -0.05) is 12.1 Å². The van der Waals surface area contributed by atoms with Gasteiger partial charge in [-0.05, 0) is 37.3 Å². The van der Waals surface area contributed by atoms with Crippen LogP contribution in [0, 0.1) is 5.92 Å². The normalized spacial score (nSPS) is 20.4. The minimum absolute atomic E-state index is 0.214. The first-order chi connectivity index (χ1) is 13.9. The van der Waals surface area contributed by atoms with Gasteiger partial charge in [0.05, 0.1) is 17.5 Å². The Morgan fingerprint density at radius 1 is 1.17 bits per heavy atom. The second kappa shape index (κ2) is 7.96. The topological polar surface area (TPSA) is 62.2 Å². The molecule has 1 amide bonds. The lowest BCUT2D eigenvalue weighted by Crippen LogP contribution is -2.42. The predicted octanol–water partition coefficient (Wildman–Crippen LogP) is 3.40. The van der Waals surface area contributed by atoms with Crippen molar-refractivity contribution in [3.63, 3.8) is 0 Å². The second-order valence-corrected chi connectivity index (χ2v) is 7.62. The van der Waals surface area contributed by atoms with Crippen molar-refractivity contribution in [2.24, 2.45) is 5.92 Å². The van der Waals surface area contributed by atoms with E-state index in [1.165, 1.54) is 12.3 Å². The predicted molar refractivity (Wildman–Crippen MR) is 101 cm³/mol. The number of piperidine rings is 1. The molecule has 0 spiro atoms. The summed E-state index contributed by atoms with van der Waals surface area (Å²) >= 11 is 0. The van der Waals surface area contributed by atoms with Gasteiger partial charge in [0.25, 0.3) is 0 Å². The molecule has 2 aliphatic heterocycles. The van der Waals surface area contributed by atoms with Gasteiger partial charge in [-0.3, -0.25) is 4.79 Å². The number of likely N-dealkylation sites (tertiary alicyclic amines) is 1. The minimum atomic E-state index is -4.41. The van der Waals surface area contributed by atoms with Crippen molar-refractivity contribution in [2.75, 3.05) is 31.1 Å². The van der Waals surface area contributed by atoms with Gasteiger partial charge in [-0.15, -0.1) is 5.10 Å². The molecular formula is C20H22F3N5O. The highest BCUT2D eigenvalue weighted by molar-refractivity contribution is 5.78. The van der Waals surface area contributed by atoms with Gasteiger partial charge in [0.1, 0.15) is 0 Å². The van der Waals surface area contributed by atoms with Gasteiger partial charge >= 0.3 is 6.18 Å². The molecule has 0 radical (unpaired) electrons. The number of anilines is 1. The number of hydrogen-bond acceptors (Lipinski definition) is 5. The molecule has 0 bridgehead atoms. The summed E-state index contributed by atoms with van der Waals surface area (Å²) in [5, 5.41) is 8.07. The van der Waals surface area contributed by atoms with Crippen molar-refractivity contribution in [1.82, 2.24) is 20.1 Å². The van der Waals surface area contributed by atoms with E-state index in [-0.39, 0.29) is 5.91 Å². The van der Waals surface area contributed by atoms with Crippen LogP contribution in [0.4, 0.5) is 19.1 Å². The maximum absolute atomic E-state index is 13.0. The Balaban J connectivity index is 1.50. The zero-order chi connectivity index (χ0) is 20.4. The highest BCUT2D eigenvalue weighted by Gasteiger charge is 2.31. The Morgan fingerprint density at radius 3 is 2.79 bits per heavy atom. The lowest BCUT2D eigenvalue weighted by Gasteiger charge is -2.34. The third-order valence-electron chi connectivity index (χ3n) is 5.49. The van der Waals surface area contributed by atoms with Gasteiger partial charge in [-0.2, -0.15) is 18.3 Å². The average Bonchev–Trinajstić information content (AvgIpc) is 3.12. The van der Waals surface area contributed by atoms with Crippen LogP contribution in [0.2, 0.25) is 0 Å². The zero-order valence-corrected chi connectivity index (χ0v) is 15.9. The smallest absolute Gasteiger partial charge is 0.342 e. The average molecular weight is 405 g/mol. The number of aromatic nitrogens is 3.